The van der Waals surface area contributed by atoms with Crippen molar-refractivity contribution in [3.8, 4) is 0 Å². The first-order valence-electron chi connectivity index (χ1n) is 9.14. The molecule has 1 aliphatic heterocycles. The Kier molecular flexibility index (Phi) is 5.12. The van der Waals surface area contributed by atoms with Gasteiger partial charge in [0.2, 0.25) is 11.8 Å². The van der Waals surface area contributed by atoms with Gasteiger partial charge >= 0.3 is 0 Å². The molecule has 136 valence electrons. The molecule has 0 aromatic heterocycles. The highest BCUT2D eigenvalue weighted by atomic mass is 16.2. The van der Waals surface area contributed by atoms with Crippen LogP contribution in [0.25, 0.3) is 0 Å². The monoisotopic (exact) mass is 350 g/mol. The Balaban J connectivity index is 1.79. The summed E-state index contributed by atoms with van der Waals surface area (Å²) in [6, 6.07) is 13.8. The molecule has 0 radical (unpaired) electrons. The molecule has 4 nitrogen and oxygen atoms in total. The highest BCUT2D eigenvalue weighted by molar-refractivity contribution is 6.04. The fourth-order valence-corrected chi connectivity index (χ4v) is 3.50. The zero-order valence-corrected chi connectivity index (χ0v) is 15.9. The highest BCUT2D eigenvalue weighted by Crippen LogP contribution is 2.35. The summed E-state index contributed by atoms with van der Waals surface area (Å²) in [4.78, 5) is 27.1. The van der Waals surface area contributed by atoms with Crippen LogP contribution in [-0.2, 0) is 9.59 Å². The molecule has 0 bridgehead atoms. The first kappa shape index (κ1) is 18.2. The van der Waals surface area contributed by atoms with Crippen molar-refractivity contribution in [3.05, 3.63) is 59.2 Å². The molecule has 2 amide bonds. The van der Waals surface area contributed by atoms with E-state index in [1.807, 2.05) is 50.2 Å². The van der Waals surface area contributed by atoms with Gasteiger partial charge in [-0.05, 0) is 43.0 Å². The van der Waals surface area contributed by atoms with E-state index in [4.69, 9.17) is 0 Å². The van der Waals surface area contributed by atoms with Gasteiger partial charge in [0.05, 0.1) is 5.92 Å². The molecule has 4 heteroatoms. The molecule has 1 saturated heterocycles. The molecular formula is C22H26N2O2. The third-order valence-electron chi connectivity index (χ3n) is 4.98. The topological polar surface area (TPSA) is 49.4 Å². The molecule has 1 atom stereocenters. The molecule has 2 aromatic carbocycles. The standard InChI is InChI=1S/C22H26N2O2/c1-14(2)19-7-5-6-16(4)21(19)24-13-17(12-20(24)25)22(26)23-18-10-8-15(3)9-11-18/h5-11,14,17H,12-13H2,1-4H3,(H,23,26). The molecule has 26 heavy (non-hydrogen) atoms. The Morgan fingerprint density at radius 1 is 1.12 bits per heavy atom. The van der Waals surface area contributed by atoms with E-state index in [2.05, 4.69) is 25.2 Å². The van der Waals surface area contributed by atoms with Crippen molar-refractivity contribution in [2.75, 3.05) is 16.8 Å². The first-order chi connectivity index (χ1) is 12.4. The van der Waals surface area contributed by atoms with Crippen LogP contribution in [0.15, 0.2) is 42.5 Å². The molecule has 1 unspecified atom stereocenters. The summed E-state index contributed by atoms with van der Waals surface area (Å²) >= 11 is 0. The van der Waals surface area contributed by atoms with Gasteiger partial charge in [-0.25, -0.2) is 0 Å². The highest BCUT2D eigenvalue weighted by Gasteiger charge is 2.36. The lowest BCUT2D eigenvalue weighted by Crippen LogP contribution is -2.29. The summed E-state index contributed by atoms with van der Waals surface area (Å²) in [6.07, 6.45) is 0.254. The summed E-state index contributed by atoms with van der Waals surface area (Å²) in [6.45, 7) is 8.71. The number of rotatable bonds is 4. The normalized spacial score (nSPS) is 17.0. The third kappa shape index (κ3) is 3.64. The lowest BCUT2D eigenvalue weighted by atomic mass is 9.97. The minimum Gasteiger partial charge on any atom is -0.326 e. The maximum absolute atomic E-state index is 12.7. The molecule has 0 aliphatic carbocycles. The molecule has 1 N–H and O–H groups in total. The first-order valence-corrected chi connectivity index (χ1v) is 9.14. The predicted octanol–water partition coefficient (Wildman–Crippen LogP) is 4.42. The SMILES string of the molecule is Cc1ccc(NC(=O)C2CC(=O)N(c3c(C)cccc3C(C)C)C2)cc1. The van der Waals surface area contributed by atoms with E-state index in [0.717, 1.165) is 28.1 Å². The van der Waals surface area contributed by atoms with Crippen LogP contribution in [0.4, 0.5) is 11.4 Å². The minimum absolute atomic E-state index is 0.0188. The van der Waals surface area contributed by atoms with Crippen molar-refractivity contribution in [1.29, 1.82) is 0 Å². The van der Waals surface area contributed by atoms with Crippen molar-refractivity contribution >= 4 is 23.2 Å². The number of para-hydroxylation sites is 1. The van der Waals surface area contributed by atoms with Crippen LogP contribution in [0.3, 0.4) is 0 Å². The Morgan fingerprint density at radius 2 is 1.81 bits per heavy atom. The maximum atomic E-state index is 12.7. The summed E-state index contributed by atoms with van der Waals surface area (Å²) in [5, 5.41) is 2.94. The summed E-state index contributed by atoms with van der Waals surface area (Å²) in [7, 11) is 0. The molecule has 0 spiro atoms. The number of nitrogens with one attached hydrogen (secondary N) is 1. The zero-order chi connectivity index (χ0) is 18.8. The van der Waals surface area contributed by atoms with Crippen LogP contribution >= 0.6 is 0 Å². The van der Waals surface area contributed by atoms with E-state index in [9.17, 15) is 9.59 Å². The average molecular weight is 350 g/mol. The molecule has 1 aliphatic rings. The van der Waals surface area contributed by atoms with Crippen LogP contribution in [0.2, 0.25) is 0 Å². The molecule has 1 fully saturated rings. The zero-order valence-electron chi connectivity index (χ0n) is 15.9. The van der Waals surface area contributed by atoms with Gasteiger partial charge in [0.1, 0.15) is 0 Å². The quantitative estimate of drug-likeness (QED) is 0.887. The van der Waals surface area contributed by atoms with Gasteiger partial charge in [-0.2, -0.15) is 0 Å². The summed E-state index contributed by atoms with van der Waals surface area (Å²) in [5.74, 6) is -0.0869. The van der Waals surface area contributed by atoms with Gasteiger partial charge in [0.15, 0.2) is 0 Å². The van der Waals surface area contributed by atoms with Gasteiger partial charge in [-0.15, -0.1) is 0 Å². The second-order valence-corrected chi connectivity index (χ2v) is 7.43. The van der Waals surface area contributed by atoms with Crippen LogP contribution in [0.1, 0.15) is 42.9 Å². The van der Waals surface area contributed by atoms with Crippen molar-refractivity contribution in [2.24, 2.45) is 5.92 Å². The fourth-order valence-electron chi connectivity index (χ4n) is 3.50. The van der Waals surface area contributed by atoms with Crippen molar-refractivity contribution in [1.82, 2.24) is 0 Å². The van der Waals surface area contributed by atoms with Crippen molar-refractivity contribution in [3.63, 3.8) is 0 Å². The van der Waals surface area contributed by atoms with Gasteiger partial charge in [-0.1, -0.05) is 49.7 Å². The number of benzene rings is 2. The molecule has 2 aromatic rings. The Labute approximate surface area is 155 Å². The van der Waals surface area contributed by atoms with Gasteiger partial charge in [0.25, 0.3) is 0 Å². The predicted molar refractivity (Wildman–Crippen MR) is 106 cm³/mol. The molecular weight excluding hydrogens is 324 g/mol. The maximum Gasteiger partial charge on any atom is 0.229 e. The number of aryl methyl sites for hydroxylation is 2. The van der Waals surface area contributed by atoms with Gasteiger partial charge in [0, 0.05) is 24.3 Å². The third-order valence-corrected chi connectivity index (χ3v) is 4.98. The van der Waals surface area contributed by atoms with E-state index < -0.39 is 0 Å². The number of carbonyl (C=O) groups excluding carboxylic acids is 2. The molecule has 1 heterocycles. The fraction of sp³-hybridized carbons (Fsp3) is 0.364. The number of amides is 2. The van der Waals surface area contributed by atoms with Crippen LogP contribution < -0.4 is 10.2 Å². The largest absolute Gasteiger partial charge is 0.326 e. The van der Waals surface area contributed by atoms with E-state index in [1.54, 1.807) is 4.90 Å². The lowest BCUT2D eigenvalue weighted by molar-refractivity contribution is -0.122. The van der Waals surface area contributed by atoms with E-state index in [-0.39, 0.29) is 24.2 Å². The Bertz CT molecular complexity index is 825. The average Bonchev–Trinajstić information content (AvgIpc) is 2.98. The van der Waals surface area contributed by atoms with E-state index >= 15 is 0 Å². The number of carbonyl (C=O) groups is 2. The van der Waals surface area contributed by atoms with Crippen LogP contribution in [-0.4, -0.2) is 18.4 Å². The second kappa shape index (κ2) is 7.32. The molecule has 0 saturated carbocycles. The number of hydrogen-bond acceptors (Lipinski definition) is 2. The van der Waals surface area contributed by atoms with E-state index in [1.165, 1.54) is 0 Å². The second-order valence-electron chi connectivity index (χ2n) is 7.43. The van der Waals surface area contributed by atoms with Crippen molar-refractivity contribution in [2.45, 2.75) is 40.0 Å². The van der Waals surface area contributed by atoms with Gasteiger partial charge < -0.3 is 10.2 Å². The number of anilines is 2. The number of hydrogen-bond donors (Lipinski definition) is 1. The Morgan fingerprint density at radius 3 is 2.46 bits per heavy atom. The Hall–Kier alpha value is -2.62. The van der Waals surface area contributed by atoms with Crippen LogP contribution in [0.5, 0.6) is 0 Å². The van der Waals surface area contributed by atoms with Crippen molar-refractivity contribution < 1.29 is 9.59 Å². The summed E-state index contributed by atoms with van der Waals surface area (Å²) in [5.41, 5.74) is 5.11. The van der Waals surface area contributed by atoms with Crippen LogP contribution in [0, 0.1) is 19.8 Å². The number of nitrogens with zero attached hydrogens (tertiary/aromatic N) is 1. The summed E-state index contributed by atoms with van der Waals surface area (Å²) < 4.78 is 0. The smallest absolute Gasteiger partial charge is 0.229 e. The lowest BCUT2D eigenvalue weighted by Gasteiger charge is -2.24. The molecule has 3 rings (SSSR count). The van der Waals surface area contributed by atoms with E-state index in [0.29, 0.717) is 12.5 Å². The van der Waals surface area contributed by atoms with Gasteiger partial charge in [-0.3, -0.25) is 9.59 Å². The minimum atomic E-state index is -0.330.